The van der Waals surface area contributed by atoms with Crippen LogP contribution >= 0.6 is 24.0 Å². The zero-order valence-electron chi connectivity index (χ0n) is 20.2. The second kappa shape index (κ2) is 14.2. The lowest BCUT2D eigenvalue weighted by Gasteiger charge is -2.36. The molecule has 0 amide bonds. The van der Waals surface area contributed by atoms with Crippen LogP contribution in [0.15, 0.2) is 29.3 Å². The quantitative estimate of drug-likeness (QED) is 0.290. The summed E-state index contributed by atoms with van der Waals surface area (Å²) in [6.45, 7) is 12.2. The van der Waals surface area contributed by atoms with Crippen LogP contribution in [0.3, 0.4) is 0 Å². The fourth-order valence-electron chi connectivity index (χ4n) is 4.43. The number of morpholine rings is 1. The molecule has 0 bridgehead atoms. The summed E-state index contributed by atoms with van der Waals surface area (Å²) < 4.78 is 10.9. The first-order chi connectivity index (χ1) is 15.1. The summed E-state index contributed by atoms with van der Waals surface area (Å²) in [5.74, 6) is 2.61. The summed E-state index contributed by atoms with van der Waals surface area (Å²) in [6, 6.07) is 9.16. The summed E-state index contributed by atoms with van der Waals surface area (Å²) >= 11 is 0. The van der Waals surface area contributed by atoms with Gasteiger partial charge >= 0.3 is 0 Å². The molecule has 2 heterocycles. The summed E-state index contributed by atoms with van der Waals surface area (Å²) in [7, 11) is 3.55. The van der Waals surface area contributed by atoms with Gasteiger partial charge in [-0.1, -0.05) is 19.1 Å². The third-order valence-corrected chi connectivity index (χ3v) is 6.68. The highest BCUT2D eigenvalue weighted by atomic mass is 127. The molecule has 0 radical (unpaired) electrons. The van der Waals surface area contributed by atoms with Gasteiger partial charge in [0.05, 0.1) is 26.4 Å². The van der Waals surface area contributed by atoms with Gasteiger partial charge in [-0.2, -0.15) is 0 Å². The van der Waals surface area contributed by atoms with E-state index < -0.39 is 0 Å². The highest BCUT2D eigenvalue weighted by molar-refractivity contribution is 14.0. The zero-order valence-corrected chi connectivity index (χ0v) is 22.5. The van der Waals surface area contributed by atoms with E-state index in [1.54, 1.807) is 7.11 Å². The minimum Gasteiger partial charge on any atom is -0.497 e. The van der Waals surface area contributed by atoms with Gasteiger partial charge in [-0.3, -0.25) is 14.8 Å². The lowest BCUT2D eigenvalue weighted by Crippen LogP contribution is -2.50. The van der Waals surface area contributed by atoms with Gasteiger partial charge in [0, 0.05) is 39.3 Å². The van der Waals surface area contributed by atoms with Gasteiger partial charge in [-0.15, -0.1) is 24.0 Å². The number of aliphatic imine (C=N–C) groups is 1. The van der Waals surface area contributed by atoms with Gasteiger partial charge in [-0.05, 0) is 56.5 Å². The van der Waals surface area contributed by atoms with Crippen LogP contribution in [0.5, 0.6) is 5.75 Å². The molecule has 3 rings (SSSR count). The highest BCUT2D eigenvalue weighted by Gasteiger charge is 2.24. The number of benzene rings is 1. The Balaban J connectivity index is 0.00000363. The van der Waals surface area contributed by atoms with Crippen molar-refractivity contribution in [1.82, 2.24) is 20.4 Å². The zero-order chi connectivity index (χ0) is 22.1. The van der Waals surface area contributed by atoms with Crippen molar-refractivity contribution in [2.45, 2.75) is 38.8 Å². The van der Waals surface area contributed by atoms with Crippen molar-refractivity contribution in [3.63, 3.8) is 0 Å². The third-order valence-electron chi connectivity index (χ3n) is 6.68. The molecule has 1 aromatic rings. The van der Waals surface area contributed by atoms with E-state index in [0.717, 1.165) is 57.0 Å². The Morgan fingerprint density at radius 2 is 1.69 bits per heavy atom. The lowest BCUT2D eigenvalue weighted by molar-refractivity contribution is 0.0170. The van der Waals surface area contributed by atoms with E-state index in [4.69, 9.17) is 9.47 Å². The summed E-state index contributed by atoms with van der Waals surface area (Å²) in [4.78, 5) is 9.55. The number of nitrogens with zero attached hydrogens (tertiary/aromatic N) is 3. The highest BCUT2D eigenvalue weighted by Crippen LogP contribution is 2.23. The molecule has 8 heteroatoms. The maximum Gasteiger partial charge on any atom is 0.191 e. The Morgan fingerprint density at radius 3 is 2.28 bits per heavy atom. The predicted octanol–water partition coefficient (Wildman–Crippen LogP) is 2.97. The van der Waals surface area contributed by atoms with Crippen LogP contribution in [0.2, 0.25) is 0 Å². The normalized spacial score (nSPS) is 20.8. The summed E-state index contributed by atoms with van der Waals surface area (Å²) in [5.41, 5.74) is 1.28. The number of piperidine rings is 1. The van der Waals surface area contributed by atoms with Gasteiger partial charge in [0.1, 0.15) is 5.75 Å². The topological polar surface area (TPSA) is 61.4 Å². The van der Waals surface area contributed by atoms with Crippen LogP contribution in [0.25, 0.3) is 0 Å². The molecule has 182 valence electrons. The minimum absolute atomic E-state index is 0. The van der Waals surface area contributed by atoms with Crippen LogP contribution in [0.4, 0.5) is 0 Å². The molecule has 2 saturated heterocycles. The number of methoxy groups -OCH3 is 1. The Hall–Kier alpha value is -1.10. The van der Waals surface area contributed by atoms with Gasteiger partial charge in [-0.25, -0.2) is 0 Å². The standard InChI is InChI=1S/C24H41N5O2.HI/c1-19-9-11-28(12-10-19)20(2)17-26-24(25-3)27-18-23(29-13-15-31-16-14-29)21-5-7-22(30-4)8-6-21;/h5-8,19-20,23H,9-18H2,1-4H3,(H2,25,26,27);1H. The lowest BCUT2D eigenvalue weighted by atomic mass is 9.98. The first-order valence-electron chi connectivity index (χ1n) is 11.7. The molecule has 1 aromatic carbocycles. The second-order valence-corrected chi connectivity index (χ2v) is 8.84. The number of rotatable bonds is 8. The monoisotopic (exact) mass is 559 g/mol. The molecule has 7 nitrogen and oxygen atoms in total. The van der Waals surface area contributed by atoms with Gasteiger partial charge in [0.2, 0.25) is 0 Å². The fraction of sp³-hybridized carbons (Fsp3) is 0.708. The van der Waals surface area contributed by atoms with Crippen molar-refractivity contribution >= 4 is 29.9 Å². The van der Waals surface area contributed by atoms with Crippen molar-refractivity contribution in [2.75, 3.05) is 66.6 Å². The van der Waals surface area contributed by atoms with Gasteiger partial charge in [0.15, 0.2) is 5.96 Å². The molecule has 2 fully saturated rings. The maximum atomic E-state index is 5.58. The molecule has 2 unspecified atom stereocenters. The summed E-state index contributed by atoms with van der Waals surface area (Å²) in [6.07, 6.45) is 2.61. The van der Waals surface area contributed by atoms with E-state index >= 15 is 0 Å². The molecular formula is C24H42IN5O2. The Labute approximate surface area is 211 Å². The molecule has 2 atom stereocenters. The summed E-state index contributed by atoms with van der Waals surface area (Å²) in [5, 5.41) is 7.11. The number of hydrogen-bond acceptors (Lipinski definition) is 5. The molecule has 0 saturated carbocycles. The smallest absolute Gasteiger partial charge is 0.191 e. The number of likely N-dealkylation sites (tertiary alicyclic amines) is 1. The van der Waals surface area contributed by atoms with Crippen LogP contribution in [0.1, 0.15) is 38.3 Å². The van der Waals surface area contributed by atoms with E-state index in [-0.39, 0.29) is 30.0 Å². The van der Waals surface area contributed by atoms with Crippen molar-refractivity contribution < 1.29 is 9.47 Å². The fourth-order valence-corrected chi connectivity index (χ4v) is 4.43. The molecule has 0 spiro atoms. The average molecular weight is 560 g/mol. The van der Waals surface area contributed by atoms with Crippen LogP contribution < -0.4 is 15.4 Å². The first-order valence-corrected chi connectivity index (χ1v) is 11.7. The molecule has 0 aromatic heterocycles. The van der Waals surface area contributed by atoms with Crippen molar-refractivity contribution in [2.24, 2.45) is 10.9 Å². The van der Waals surface area contributed by atoms with Crippen molar-refractivity contribution in [3.05, 3.63) is 29.8 Å². The molecular weight excluding hydrogens is 517 g/mol. The molecule has 2 N–H and O–H groups in total. The minimum atomic E-state index is 0. The number of guanidine groups is 1. The number of hydrogen-bond donors (Lipinski definition) is 2. The van der Waals surface area contributed by atoms with Crippen LogP contribution in [0, 0.1) is 5.92 Å². The van der Waals surface area contributed by atoms with Crippen molar-refractivity contribution in [1.29, 1.82) is 0 Å². The second-order valence-electron chi connectivity index (χ2n) is 8.84. The van der Waals surface area contributed by atoms with Gasteiger partial charge in [0.25, 0.3) is 0 Å². The van der Waals surface area contributed by atoms with E-state index in [9.17, 15) is 0 Å². The van der Waals surface area contributed by atoms with E-state index in [1.807, 2.05) is 19.2 Å². The van der Waals surface area contributed by atoms with E-state index in [0.29, 0.717) is 6.04 Å². The van der Waals surface area contributed by atoms with E-state index in [2.05, 4.69) is 51.4 Å². The van der Waals surface area contributed by atoms with Crippen LogP contribution in [-0.2, 0) is 4.74 Å². The molecule has 2 aliphatic heterocycles. The molecule has 0 aliphatic carbocycles. The molecule has 32 heavy (non-hydrogen) atoms. The number of nitrogens with one attached hydrogen (secondary N) is 2. The largest absolute Gasteiger partial charge is 0.497 e. The SMILES string of the molecule is CN=C(NCC(C)N1CCC(C)CC1)NCC(c1ccc(OC)cc1)N1CCOCC1.I. The molecule has 2 aliphatic rings. The maximum absolute atomic E-state index is 5.58. The average Bonchev–Trinajstić information content (AvgIpc) is 2.82. The number of ether oxygens (including phenoxy) is 2. The third kappa shape index (κ3) is 8.04. The predicted molar refractivity (Wildman–Crippen MR) is 142 cm³/mol. The van der Waals surface area contributed by atoms with Gasteiger partial charge < -0.3 is 20.1 Å². The number of halogens is 1. The Bertz CT molecular complexity index is 673. The van der Waals surface area contributed by atoms with E-state index in [1.165, 1.54) is 31.5 Å². The van der Waals surface area contributed by atoms with Crippen molar-refractivity contribution in [3.8, 4) is 5.75 Å². The Morgan fingerprint density at radius 1 is 1.06 bits per heavy atom. The Kier molecular flexibility index (Phi) is 12.1. The van der Waals surface area contributed by atoms with Crippen LogP contribution in [-0.4, -0.2) is 88.4 Å². The first kappa shape index (κ1) is 27.1.